The highest BCUT2D eigenvalue weighted by molar-refractivity contribution is 5.86. The molecule has 6 heteroatoms. The third kappa shape index (κ3) is 17.6. The summed E-state index contributed by atoms with van der Waals surface area (Å²) in [6.07, 6.45) is 12.6. The van der Waals surface area contributed by atoms with Crippen molar-refractivity contribution in [2.24, 2.45) is 0 Å². The van der Waals surface area contributed by atoms with Gasteiger partial charge in [-0.05, 0) is 27.2 Å². The van der Waals surface area contributed by atoms with E-state index in [1.54, 1.807) is 6.92 Å². The van der Waals surface area contributed by atoms with Crippen LogP contribution in [0.5, 0.6) is 0 Å². The van der Waals surface area contributed by atoms with Crippen LogP contribution in [0.4, 0.5) is 0 Å². The van der Waals surface area contributed by atoms with E-state index in [1.165, 1.54) is 57.8 Å². The number of rotatable bonds is 21. The van der Waals surface area contributed by atoms with Crippen LogP contribution in [0, 0.1) is 0 Å². The van der Waals surface area contributed by atoms with E-state index in [-0.39, 0.29) is 18.4 Å². The number of nitrogens with zero attached hydrogens (tertiary/aromatic N) is 1. The van der Waals surface area contributed by atoms with E-state index in [0.717, 1.165) is 26.1 Å². The van der Waals surface area contributed by atoms with Gasteiger partial charge in [-0.1, -0.05) is 71.3 Å². The number of esters is 1. The molecule has 1 unspecified atom stereocenters. The van der Waals surface area contributed by atoms with Crippen LogP contribution >= 0.6 is 0 Å². The minimum absolute atomic E-state index is 0. The summed E-state index contributed by atoms with van der Waals surface area (Å²) in [5.41, 5.74) is 0.418. The average molecular weight is 464 g/mol. The highest BCUT2D eigenvalue weighted by Crippen LogP contribution is 2.11. The van der Waals surface area contributed by atoms with E-state index < -0.39 is 6.10 Å². The molecule has 0 bridgehead atoms. The number of unbranched alkanes of at least 4 members (excludes halogenated alkanes) is 9. The summed E-state index contributed by atoms with van der Waals surface area (Å²) in [5, 5.41) is 10.4. The number of aliphatic hydroxyl groups excluding tert-OH is 1. The first-order chi connectivity index (χ1) is 14.4. The minimum Gasteiger partial charge on any atom is -1.00 e. The maximum Gasteiger partial charge on any atom is 0.333 e. The summed E-state index contributed by atoms with van der Waals surface area (Å²) < 4.78 is 11.7. The molecule has 0 saturated carbocycles. The first-order valence-electron chi connectivity index (χ1n) is 12.3. The molecule has 0 heterocycles. The quantitative estimate of drug-likeness (QED) is 0.123. The number of hydrogen-bond donors (Lipinski definition) is 1. The normalized spacial score (nSPS) is 12.3. The maximum absolute atomic E-state index is 11.6. The van der Waals surface area contributed by atoms with Gasteiger partial charge in [0.05, 0.1) is 19.7 Å². The van der Waals surface area contributed by atoms with Crippen LogP contribution in [0.25, 0.3) is 0 Å². The fourth-order valence-electron chi connectivity index (χ4n) is 3.76. The molecular formula is C25H50ClNO4. The lowest BCUT2D eigenvalue weighted by molar-refractivity contribution is -0.927. The molecule has 0 aliphatic rings. The van der Waals surface area contributed by atoms with Gasteiger partial charge in [0, 0.05) is 12.2 Å². The largest absolute Gasteiger partial charge is 1.00 e. The standard InChI is InChI=1S/C25H50NO4.ClH/c1-6-9-10-11-12-13-14-15-16-17-19-29-22-24(27)21-26(7-2,8-3)18-20-30-25(28)23(4)5;/h24,27H,4,6-22H2,1-3,5H3;1H/q+1;/p-1. The van der Waals surface area contributed by atoms with Crippen molar-refractivity contribution < 1.29 is 36.3 Å². The van der Waals surface area contributed by atoms with Crippen LogP contribution in [0.1, 0.15) is 91.9 Å². The van der Waals surface area contributed by atoms with Crippen LogP contribution in [0.15, 0.2) is 12.2 Å². The Morgan fingerprint density at radius 2 is 1.42 bits per heavy atom. The summed E-state index contributed by atoms with van der Waals surface area (Å²) in [4.78, 5) is 11.6. The molecule has 0 amide bonds. The molecule has 0 aliphatic carbocycles. The van der Waals surface area contributed by atoms with Crippen molar-refractivity contribution in [3.05, 3.63) is 12.2 Å². The molecule has 0 aromatic carbocycles. The number of hydrogen-bond acceptors (Lipinski definition) is 4. The number of aliphatic hydroxyl groups is 1. The predicted molar refractivity (Wildman–Crippen MR) is 126 cm³/mol. The van der Waals surface area contributed by atoms with Gasteiger partial charge in [0.15, 0.2) is 0 Å². The van der Waals surface area contributed by atoms with Gasteiger partial charge >= 0.3 is 5.97 Å². The summed E-state index contributed by atoms with van der Waals surface area (Å²) in [6, 6.07) is 0. The van der Waals surface area contributed by atoms with E-state index in [1.807, 2.05) is 0 Å². The molecule has 0 rings (SSSR count). The minimum atomic E-state index is -0.495. The van der Waals surface area contributed by atoms with Gasteiger partial charge in [-0.15, -0.1) is 0 Å². The summed E-state index contributed by atoms with van der Waals surface area (Å²) >= 11 is 0. The van der Waals surface area contributed by atoms with E-state index in [9.17, 15) is 9.90 Å². The molecule has 186 valence electrons. The molecule has 0 aromatic rings. The lowest BCUT2D eigenvalue weighted by Gasteiger charge is -2.38. The van der Waals surface area contributed by atoms with Gasteiger partial charge in [0.25, 0.3) is 0 Å². The monoisotopic (exact) mass is 463 g/mol. The zero-order chi connectivity index (χ0) is 22.7. The van der Waals surface area contributed by atoms with Crippen molar-refractivity contribution in [3.63, 3.8) is 0 Å². The lowest BCUT2D eigenvalue weighted by atomic mass is 10.1. The van der Waals surface area contributed by atoms with Crippen LogP contribution in [-0.2, 0) is 14.3 Å². The Labute approximate surface area is 198 Å². The second kappa shape index (κ2) is 21.2. The Hall–Kier alpha value is -0.620. The Bertz CT molecular complexity index is 441. The van der Waals surface area contributed by atoms with Gasteiger partial charge in [0.1, 0.15) is 25.8 Å². The Balaban J connectivity index is 0. The predicted octanol–water partition coefficient (Wildman–Crippen LogP) is 2.26. The lowest BCUT2D eigenvalue weighted by Crippen LogP contribution is -3.00. The molecule has 1 atom stereocenters. The van der Waals surface area contributed by atoms with Crippen molar-refractivity contribution in [3.8, 4) is 0 Å². The van der Waals surface area contributed by atoms with Crippen molar-refractivity contribution in [2.75, 3.05) is 46.0 Å². The van der Waals surface area contributed by atoms with Crippen LogP contribution in [0.2, 0.25) is 0 Å². The van der Waals surface area contributed by atoms with E-state index in [2.05, 4.69) is 27.4 Å². The molecule has 0 spiro atoms. The average Bonchev–Trinajstić information content (AvgIpc) is 2.73. The smallest absolute Gasteiger partial charge is 0.333 e. The first-order valence-corrected chi connectivity index (χ1v) is 12.3. The van der Waals surface area contributed by atoms with Crippen molar-refractivity contribution in [1.29, 1.82) is 0 Å². The summed E-state index contributed by atoms with van der Waals surface area (Å²) in [6.45, 7) is 16.3. The highest BCUT2D eigenvalue weighted by Gasteiger charge is 2.27. The molecule has 0 aromatic heterocycles. The molecular weight excluding hydrogens is 414 g/mol. The van der Waals surface area contributed by atoms with Gasteiger partial charge in [-0.25, -0.2) is 4.79 Å². The van der Waals surface area contributed by atoms with Gasteiger partial charge in [-0.3, -0.25) is 0 Å². The summed E-state index contributed by atoms with van der Waals surface area (Å²) in [7, 11) is 0. The number of likely N-dealkylation sites (N-methyl/N-ethyl adjacent to an activating group) is 1. The van der Waals surface area contributed by atoms with E-state index >= 15 is 0 Å². The second-order valence-electron chi connectivity index (χ2n) is 8.71. The number of quaternary nitrogens is 1. The number of ether oxygens (including phenoxy) is 2. The van der Waals surface area contributed by atoms with E-state index in [0.29, 0.717) is 36.4 Å². The number of halogens is 1. The SMILES string of the molecule is C=C(C)C(=O)OCC[N+](CC)(CC)CC(O)COCCCCCCCCCCCC.[Cl-]. The zero-order valence-electron chi connectivity index (χ0n) is 20.8. The molecule has 5 nitrogen and oxygen atoms in total. The van der Waals surface area contributed by atoms with Crippen molar-refractivity contribution in [1.82, 2.24) is 0 Å². The van der Waals surface area contributed by atoms with E-state index in [4.69, 9.17) is 9.47 Å². The third-order valence-electron chi connectivity index (χ3n) is 6.04. The molecule has 1 N–H and O–H groups in total. The molecule has 0 saturated heterocycles. The van der Waals surface area contributed by atoms with Gasteiger partial charge < -0.3 is 31.5 Å². The molecule has 0 radical (unpaired) electrons. The van der Waals surface area contributed by atoms with Crippen molar-refractivity contribution in [2.45, 2.75) is 98.0 Å². The Morgan fingerprint density at radius 3 is 1.90 bits per heavy atom. The topological polar surface area (TPSA) is 55.8 Å². The molecule has 31 heavy (non-hydrogen) atoms. The van der Waals surface area contributed by atoms with Crippen molar-refractivity contribution >= 4 is 5.97 Å². The van der Waals surface area contributed by atoms with Gasteiger partial charge in [-0.2, -0.15) is 0 Å². The summed E-state index contributed by atoms with van der Waals surface area (Å²) in [5.74, 6) is -0.347. The first kappa shape index (κ1) is 32.6. The third-order valence-corrected chi connectivity index (χ3v) is 6.04. The van der Waals surface area contributed by atoms with Crippen LogP contribution in [0.3, 0.4) is 0 Å². The van der Waals surface area contributed by atoms with Gasteiger partial charge in [0.2, 0.25) is 0 Å². The fourth-order valence-corrected chi connectivity index (χ4v) is 3.76. The molecule has 0 aliphatic heterocycles. The highest BCUT2D eigenvalue weighted by atomic mass is 35.5. The fraction of sp³-hybridized carbons (Fsp3) is 0.880. The van der Waals surface area contributed by atoms with Crippen LogP contribution in [-0.4, -0.2) is 67.7 Å². The number of carbonyl (C=O) groups is 1. The maximum atomic E-state index is 11.6. The molecule has 0 fully saturated rings. The number of carbonyl (C=O) groups excluding carboxylic acids is 1. The zero-order valence-corrected chi connectivity index (χ0v) is 21.6. The second-order valence-corrected chi connectivity index (χ2v) is 8.71. The van der Waals surface area contributed by atoms with Crippen LogP contribution < -0.4 is 12.4 Å². The Kier molecular flexibility index (Phi) is 22.3. The Morgan fingerprint density at radius 1 is 0.903 bits per heavy atom.